The molecule has 0 spiro atoms. The fourth-order valence-corrected chi connectivity index (χ4v) is 4.52. The summed E-state index contributed by atoms with van der Waals surface area (Å²) in [5.74, 6) is -1.01. The average molecular weight is 369 g/mol. The second-order valence-electron chi connectivity index (χ2n) is 6.21. The molecular weight excluding hydrogens is 346 g/mol. The summed E-state index contributed by atoms with van der Waals surface area (Å²) < 4.78 is 29.6. The Bertz CT molecular complexity index is 810. The molecule has 0 bridgehead atoms. The van der Waals surface area contributed by atoms with Crippen LogP contribution in [0.4, 0.5) is 0 Å². The number of carbonyl (C=O) groups excluding carboxylic acids is 2. The van der Waals surface area contributed by atoms with Gasteiger partial charge in [-0.1, -0.05) is 0 Å². The SMILES string of the molecule is Cc1nn(C)c(C)c1/C=C/C(=O)OCC(=O)N(C)[C@@H]1CCS(=O)(=O)C1. The fourth-order valence-electron chi connectivity index (χ4n) is 2.75. The summed E-state index contributed by atoms with van der Waals surface area (Å²) in [6.45, 7) is 3.31. The van der Waals surface area contributed by atoms with Crippen LogP contribution in [0.1, 0.15) is 23.4 Å². The van der Waals surface area contributed by atoms with Gasteiger partial charge < -0.3 is 9.64 Å². The van der Waals surface area contributed by atoms with Gasteiger partial charge >= 0.3 is 5.97 Å². The number of aryl methyl sites for hydroxylation is 2. The second-order valence-corrected chi connectivity index (χ2v) is 8.44. The van der Waals surface area contributed by atoms with Crippen molar-refractivity contribution in [3.05, 3.63) is 23.0 Å². The van der Waals surface area contributed by atoms with E-state index in [4.69, 9.17) is 4.74 Å². The number of aromatic nitrogens is 2. The van der Waals surface area contributed by atoms with Crippen molar-refractivity contribution in [2.24, 2.45) is 7.05 Å². The molecule has 1 atom stereocenters. The van der Waals surface area contributed by atoms with E-state index in [0.717, 1.165) is 17.0 Å². The minimum absolute atomic E-state index is 0.0390. The number of nitrogens with zero attached hydrogens (tertiary/aromatic N) is 3. The summed E-state index contributed by atoms with van der Waals surface area (Å²) in [5.41, 5.74) is 2.54. The lowest BCUT2D eigenvalue weighted by molar-refractivity contribution is -0.148. The van der Waals surface area contributed by atoms with Crippen molar-refractivity contribution in [3.63, 3.8) is 0 Å². The van der Waals surface area contributed by atoms with Crippen LogP contribution in [-0.2, 0) is 31.2 Å². The molecule has 1 aliphatic heterocycles. The van der Waals surface area contributed by atoms with E-state index in [9.17, 15) is 18.0 Å². The van der Waals surface area contributed by atoms with Crippen LogP contribution in [0.3, 0.4) is 0 Å². The van der Waals surface area contributed by atoms with Gasteiger partial charge in [0.2, 0.25) is 0 Å². The molecule has 25 heavy (non-hydrogen) atoms. The number of ether oxygens (including phenoxy) is 1. The Morgan fingerprint density at radius 1 is 1.40 bits per heavy atom. The lowest BCUT2D eigenvalue weighted by Gasteiger charge is -2.22. The zero-order chi connectivity index (χ0) is 18.8. The fraction of sp³-hybridized carbons (Fsp3) is 0.562. The van der Waals surface area contributed by atoms with E-state index in [1.807, 2.05) is 20.9 Å². The summed E-state index contributed by atoms with van der Waals surface area (Å²) in [6, 6.07) is -0.354. The van der Waals surface area contributed by atoms with Gasteiger partial charge in [-0.3, -0.25) is 9.48 Å². The van der Waals surface area contributed by atoms with Crippen molar-refractivity contribution in [1.82, 2.24) is 14.7 Å². The van der Waals surface area contributed by atoms with Crippen molar-refractivity contribution < 1.29 is 22.7 Å². The molecule has 1 aromatic rings. The van der Waals surface area contributed by atoms with E-state index in [1.54, 1.807) is 10.8 Å². The van der Waals surface area contributed by atoms with E-state index >= 15 is 0 Å². The van der Waals surface area contributed by atoms with E-state index in [1.165, 1.54) is 18.0 Å². The Morgan fingerprint density at radius 2 is 2.08 bits per heavy atom. The number of amides is 1. The molecule has 1 aliphatic rings. The van der Waals surface area contributed by atoms with Crippen LogP contribution in [0.2, 0.25) is 0 Å². The van der Waals surface area contributed by atoms with Crippen LogP contribution in [-0.4, -0.2) is 66.2 Å². The van der Waals surface area contributed by atoms with Crippen molar-refractivity contribution in [2.75, 3.05) is 25.2 Å². The monoisotopic (exact) mass is 369 g/mol. The lowest BCUT2D eigenvalue weighted by Crippen LogP contribution is -2.40. The molecule has 0 radical (unpaired) electrons. The molecule has 1 saturated heterocycles. The normalized spacial score (nSPS) is 19.3. The maximum atomic E-state index is 12.0. The predicted molar refractivity (Wildman–Crippen MR) is 92.5 cm³/mol. The van der Waals surface area contributed by atoms with Crippen molar-refractivity contribution in [1.29, 1.82) is 0 Å². The second kappa shape index (κ2) is 7.38. The highest BCUT2D eigenvalue weighted by Crippen LogP contribution is 2.17. The molecule has 0 aliphatic carbocycles. The Labute approximate surface area is 147 Å². The lowest BCUT2D eigenvalue weighted by atomic mass is 10.2. The molecule has 0 unspecified atom stereocenters. The molecular formula is C16H23N3O5S. The summed E-state index contributed by atoms with van der Waals surface area (Å²) >= 11 is 0. The average Bonchev–Trinajstić information content (AvgIpc) is 3.02. The van der Waals surface area contributed by atoms with Crippen molar-refractivity contribution >= 4 is 27.8 Å². The van der Waals surface area contributed by atoms with Gasteiger partial charge in [-0.15, -0.1) is 0 Å². The van der Waals surface area contributed by atoms with Gasteiger partial charge in [-0.05, 0) is 26.3 Å². The molecule has 1 amide bonds. The van der Waals surface area contributed by atoms with E-state index < -0.39 is 28.3 Å². The molecule has 0 saturated carbocycles. The molecule has 2 heterocycles. The number of likely N-dealkylation sites (N-methyl/N-ethyl adjacent to an activating group) is 1. The minimum atomic E-state index is -3.07. The van der Waals surface area contributed by atoms with Gasteiger partial charge in [0.05, 0.1) is 17.2 Å². The summed E-state index contributed by atoms with van der Waals surface area (Å²) in [4.78, 5) is 25.2. The van der Waals surface area contributed by atoms with Crippen LogP contribution in [0, 0.1) is 13.8 Å². The van der Waals surface area contributed by atoms with Crippen molar-refractivity contribution in [3.8, 4) is 0 Å². The van der Waals surface area contributed by atoms with Gasteiger partial charge in [-0.25, -0.2) is 13.2 Å². The third-order valence-corrected chi connectivity index (χ3v) is 6.19. The van der Waals surface area contributed by atoms with Gasteiger partial charge in [-0.2, -0.15) is 5.10 Å². The molecule has 138 valence electrons. The van der Waals surface area contributed by atoms with E-state index in [0.29, 0.717) is 6.42 Å². The first-order chi connectivity index (χ1) is 11.6. The maximum Gasteiger partial charge on any atom is 0.331 e. The van der Waals surface area contributed by atoms with Crippen LogP contribution < -0.4 is 0 Å². The Hall–Kier alpha value is -2.16. The molecule has 0 aromatic carbocycles. The Balaban J connectivity index is 1.87. The highest BCUT2D eigenvalue weighted by atomic mass is 32.2. The highest BCUT2D eigenvalue weighted by Gasteiger charge is 2.32. The first-order valence-electron chi connectivity index (χ1n) is 7.92. The Morgan fingerprint density at radius 3 is 2.60 bits per heavy atom. The molecule has 1 aromatic heterocycles. The maximum absolute atomic E-state index is 12.0. The van der Waals surface area contributed by atoms with E-state index in [-0.39, 0.29) is 17.5 Å². The number of hydrogen-bond donors (Lipinski definition) is 0. The first-order valence-corrected chi connectivity index (χ1v) is 9.74. The number of hydrogen-bond acceptors (Lipinski definition) is 6. The number of rotatable bonds is 5. The first kappa shape index (κ1) is 19.2. The molecule has 2 rings (SSSR count). The third kappa shape index (κ3) is 4.68. The van der Waals surface area contributed by atoms with Gasteiger partial charge in [0.15, 0.2) is 16.4 Å². The summed E-state index contributed by atoms with van der Waals surface area (Å²) in [7, 11) is 0.271. The number of carbonyl (C=O) groups is 2. The van der Waals surface area contributed by atoms with Gasteiger partial charge in [0.25, 0.3) is 5.91 Å². The molecule has 0 N–H and O–H groups in total. The van der Waals surface area contributed by atoms with Crippen LogP contribution in [0.5, 0.6) is 0 Å². The van der Waals surface area contributed by atoms with Crippen LogP contribution in [0.15, 0.2) is 6.08 Å². The predicted octanol–water partition coefficient (Wildman–Crippen LogP) is 0.239. The molecule has 9 heteroatoms. The topological polar surface area (TPSA) is 98.6 Å². The Kier molecular flexibility index (Phi) is 5.66. The van der Waals surface area contributed by atoms with Crippen LogP contribution >= 0.6 is 0 Å². The van der Waals surface area contributed by atoms with Crippen LogP contribution in [0.25, 0.3) is 6.08 Å². The zero-order valence-electron chi connectivity index (χ0n) is 14.9. The largest absolute Gasteiger partial charge is 0.452 e. The van der Waals surface area contributed by atoms with Gasteiger partial charge in [0.1, 0.15) is 0 Å². The minimum Gasteiger partial charge on any atom is -0.452 e. The van der Waals surface area contributed by atoms with E-state index in [2.05, 4.69) is 5.10 Å². The standard InChI is InChI=1S/C16H23N3O5S/c1-11-14(12(2)19(4)17-11)5-6-16(21)24-9-15(20)18(3)13-7-8-25(22,23)10-13/h5-6,13H,7-10H2,1-4H3/b6-5+/t13-/m1/s1. The smallest absolute Gasteiger partial charge is 0.331 e. The third-order valence-electron chi connectivity index (χ3n) is 4.44. The number of esters is 1. The molecule has 8 nitrogen and oxygen atoms in total. The summed E-state index contributed by atoms with van der Waals surface area (Å²) in [6.07, 6.45) is 3.28. The quantitative estimate of drug-likeness (QED) is 0.545. The summed E-state index contributed by atoms with van der Waals surface area (Å²) in [5, 5.41) is 4.25. The highest BCUT2D eigenvalue weighted by molar-refractivity contribution is 7.91. The molecule has 1 fully saturated rings. The number of sulfone groups is 1. The van der Waals surface area contributed by atoms with Crippen molar-refractivity contribution in [2.45, 2.75) is 26.3 Å². The zero-order valence-corrected chi connectivity index (χ0v) is 15.7. The van der Waals surface area contributed by atoms with Gasteiger partial charge in [0, 0.05) is 37.5 Å².